The lowest BCUT2D eigenvalue weighted by molar-refractivity contribution is -0.124. The van der Waals surface area contributed by atoms with Crippen molar-refractivity contribution < 1.29 is 19.1 Å². The van der Waals surface area contributed by atoms with Gasteiger partial charge in [0.15, 0.2) is 11.5 Å². The van der Waals surface area contributed by atoms with Gasteiger partial charge in [-0.1, -0.05) is 43.7 Å². The van der Waals surface area contributed by atoms with Crippen molar-refractivity contribution in [2.45, 2.75) is 25.7 Å². The van der Waals surface area contributed by atoms with Gasteiger partial charge in [-0.3, -0.25) is 9.59 Å². The summed E-state index contributed by atoms with van der Waals surface area (Å²) >= 11 is 0. The van der Waals surface area contributed by atoms with Crippen molar-refractivity contribution in [2.24, 2.45) is 5.92 Å². The largest absolute Gasteiger partial charge is 0.493 e. The second-order valence-corrected chi connectivity index (χ2v) is 7.52. The van der Waals surface area contributed by atoms with Gasteiger partial charge in [0.25, 0.3) is 5.91 Å². The van der Waals surface area contributed by atoms with Crippen LogP contribution in [0.5, 0.6) is 11.5 Å². The average molecular weight is 411 g/mol. The second-order valence-electron chi connectivity index (χ2n) is 7.52. The van der Waals surface area contributed by atoms with Crippen LogP contribution in [0.3, 0.4) is 0 Å². The molecule has 2 atom stereocenters. The maximum absolute atomic E-state index is 13.1. The highest BCUT2D eigenvalue weighted by Gasteiger charge is 2.42. The van der Waals surface area contributed by atoms with E-state index in [0.29, 0.717) is 36.7 Å². The molecule has 0 bridgehead atoms. The van der Waals surface area contributed by atoms with E-state index in [0.717, 1.165) is 18.4 Å². The minimum atomic E-state index is -0.351. The number of ether oxygens (including phenoxy) is 2. The summed E-state index contributed by atoms with van der Waals surface area (Å²) in [6, 6.07) is 14.9. The van der Waals surface area contributed by atoms with Crippen molar-refractivity contribution in [3.05, 3.63) is 59.7 Å². The Morgan fingerprint density at radius 2 is 1.80 bits per heavy atom. The average Bonchev–Trinajstić information content (AvgIpc) is 3.24. The van der Waals surface area contributed by atoms with E-state index in [-0.39, 0.29) is 23.7 Å². The van der Waals surface area contributed by atoms with Crippen LogP contribution in [0, 0.1) is 5.92 Å². The van der Waals surface area contributed by atoms with Crippen molar-refractivity contribution in [1.29, 1.82) is 0 Å². The molecule has 6 heteroatoms. The van der Waals surface area contributed by atoms with Gasteiger partial charge < -0.3 is 19.7 Å². The first-order valence-corrected chi connectivity index (χ1v) is 10.4. The highest BCUT2D eigenvalue weighted by molar-refractivity contribution is 5.95. The smallest absolute Gasteiger partial charge is 0.253 e. The first-order valence-electron chi connectivity index (χ1n) is 10.4. The third kappa shape index (κ3) is 4.58. The van der Waals surface area contributed by atoms with Gasteiger partial charge in [0, 0.05) is 36.7 Å². The van der Waals surface area contributed by atoms with Gasteiger partial charge in [0.1, 0.15) is 0 Å². The number of hydrogen-bond acceptors (Lipinski definition) is 4. The minimum absolute atomic E-state index is 0.0262. The molecule has 2 amide bonds. The highest BCUT2D eigenvalue weighted by Crippen LogP contribution is 2.42. The van der Waals surface area contributed by atoms with Crippen LogP contribution in [0.25, 0.3) is 0 Å². The lowest BCUT2D eigenvalue weighted by atomic mass is 9.87. The van der Waals surface area contributed by atoms with E-state index in [2.05, 4.69) is 12.2 Å². The zero-order chi connectivity index (χ0) is 21.5. The molecule has 6 nitrogen and oxygen atoms in total. The Balaban J connectivity index is 1.92. The van der Waals surface area contributed by atoms with Crippen LogP contribution < -0.4 is 14.8 Å². The number of carbonyl (C=O) groups excluding carboxylic acids is 2. The summed E-state index contributed by atoms with van der Waals surface area (Å²) in [5.41, 5.74) is 1.51. The normalized spacial score (nSPS) is 18.2. The molecule has 0 aromatic heterocycles. The number of amides is 2. The van der Waals surface area contributed by atoms with E-state index >= 15 is 0 Å². The second kappa shape index (κ2) is 10.1. The van der Waals surface area contributed by atoms with Gasteiger partial charge >= 0.3 is 0 Å². The number of likely N-dealkylation sites (tertiary alicyclic amines) is 1. The van der Waals surface area contributed by atoms with Gasteiger partial charge in [0.05, 0.1) is 20.1 Å². The topological polar surface area (TPSA) is 67.9 Å². The van der Waals surface area contributed by atoms with Crippen LogP contribution in [0.1, 0.15) is 41.6 Å². The summed E-state index contributed by atoms with van der Waals surface area (Å²) in [5.74, 6) is 0.617. The SMILES string of the molecule is CCCCNC(=O)[C@@H]1CN(C(=O)c2ccccc2)C[C@@H]1c1cccc(OC)c1OC. The lowest BCUT2D eigenvalue weighted by Gasteiger charge is -2.21. The van der Waals surface area contributed by atoms with Crippen LogP contribution in [0.4, 0.5) is 0 Å². The molecule has 1 heterocycles. The van der Waals surface area contributed by atoms with Gasteiger partial charge in [-0.15, -0.1) is 0 Å². The van der Waals surface area contributed by atoms with Crippen LogP contribution >= 0.6 is 0 Å². The standard InChI is InChI=1S/C24H30N2O4/c1-4-5-14-25-23(27)20-16-26(24(28)17-10-7-6-8-11-17)15-19(20)18-12-9-13-21(29-2)22(18)30-3/h6-13,19-20H,4-5,14-16H2,1-3H3,(H,25,27)/t19-,20-/m1/s1. The van der Waals surface area contributed by atoms with Crippen LogP contribution in [0.2, 0.25) is 0 Å². The molecule has 0 aliphatic carbocycles. The number of unbranched alkanes of at least 4 members (excludes halogenated alkanes) is 1. The number of nitrogens with one attached hydrogen (secondary N) is 1. The van der Waals surface area contributed by atoms with Crippen molar-refractivity contribution in [3.63, 3.8) is 0 Å². The predicted octanol–water partition coefficient (Wildman–Crippen LogP) is 3.48. The van der Waals surface area contributed by atoms with E-state index < -0.39 is 0 Å². The summed E-state index contributed by atoms with van der Waals surface area (Å²) in [5, 5.41) is 3.04. The molecule has 0 unspecified atom stereocenters. The van der Waals surface area contributed by atoms with E-state index in [1.165, 1.54) is 0 Å². The Kier molecular flexibility index (Phi) is 7.33. The molecule has 1 saturated heterocycles. The molecule has 1 fully saturated rings. The monoisotopic (exact) mass is 410 g/mol. The van der Waals surface area contributed by atoms with Gasteiger partial charge in [-0.2, -0.15) is 0 Å². The summed E-state index contributed by atoms with van der Waals surface area (Å²) in [6.07, 6.45) is 1.94. The number of rotatable bonds is 8. The Bertz CT molecular complexity index is 869. The zero-order valence-electron chi connectivity index (χ0n) is 17.9. The van der Waals surface area contributed by atoms with E-state index in [1.807, 2.05) is 36.4 Å². The number of hydrogen-bond donors (Lipinski definition) is 1. The number of methoxy groups -OCH3 is 2. The van der Waals surface area contributed by atoms with Crippen molar-refractivity contribution in [1.82, 2.24) is 10.2 Å². The van der Waals surface area contributed by atoms with Crippen molar-refractivity contribution in [2.75, 3.05) is 33.9 Å². The third-order valence-corrected chi connectivity index (χ3v) is 5.63. The van der Waals surface area contributed by atoms with Crippen LogP contribution in [0.15, 0.2) is 48.5 Å². The molecule has 1 N–H and O–H groups in total. The summed E-state index contributed by atoms with van der Waals surface area (Å²) in [6.45, 7) is 3.55. The summed E-state index contributed by atoms with van der Waals surface area (Å²) < 4.78 is 11.1. The molecule has 30 heavy (non-hydrogen) atoms. The molecule has 1 aliphatic rings. The molecule has 3 rings (SSSR count). The van der Waals surface area contributed by atoms with E-state index in [4.69, 9.17) is 9.47 Å². The molecule has 0 radical (unpaired) electrons. The number of benzene rings is 2. The van der Waals surface area contributed by atoms with Gasteiger partial charge in [-0.25, -0.2) is 0 Å². The predicted molar refractivity (Wildman–Crippen MR) is 116 cm³/mol. The molecular formula is C24H30N2O4. The van der Waals surface area contributed by atoms with E-state index in [9.17, 15) is 9.59 Å². The Hall–Kier alpha value is -3.02. The molecule has 2 aromatic rings. The first-order chi connectivity index (χ1) is 14.6. The van der Waals surface area contributed by atoms with Crippen LogP contribution in [-0.4, -0.2) is 50.6 Å². The molecular weight excluding hydrogens is 380 g/mol. The molecule has 160 valence electrons. The Morgan fingerprint density at radius 3 is 2.47 bits per heavy atom. The van der Waals surface area contributed by atoms with Crippen LogP contribution in [-0.2, 0) is 4.79 Å². The molecule has 2 aromatic carbocycles. The Morgan fingerprint density at radius 1 is 1.03 bits per heavy atom. The number of nitrogens with zero attached hydrogens (tertiary/aromatic N) is 1. The van der Waals surface area contributed by atoms with Gasteiger partial charge in [0.2, 0.25) is 5.91 Å². The maximum atomic E-state index is 13.1. The molecule has 1 aliphatic heterocycles. The van der Waals surface area contributed by atoms with Crippen molar-refractivity contribution in [3.8, 4) is 11.5 Å². The fourth-order valence-electron chi connectivity index (χ4n) is 4.04. The van der Waals surface area contributed by atoms with E-state index in [1.54, 1.807) is 31.3 Å². The number of para-hydroxylation sites is 1. The molecule has 0 spiro atoms. The summed E-state index contributed by atoms with van der Waals surface area (Å²) in [7, 11) is 3.19. The molecule has 0 saturated carbocycles. The third-order valence-electron chi connectivity index (χ3n) is 5.63. The fourth-order valence-corrected chi connectivity index (χ4v) is 4.04. The minimum Gasteiger partial charge on any atom is -0.493 e. The fraction of sp³-hybridized carbons (Fsp3) is 0.417. The number of carbonyl (C=O) groups is 2. The zero-order valence-corrected chi connectivity index (χ0v) is 17.9. The first kappa shape index (κ1) is 21.7. The lowest BCUT2D eigenvalue weighted by Crippen LogP contribution is -2.36. The summed E-state index contributed by atoms with van der Waals surface area (Å²) in [4.78, 5) is 27.9. The highest BCUT2D eigenvalue weighted by atomic mass is 16.5. The van der Waals surface area contributed by atoms with Crippen molar-refractivity contribution >= 4 is 11.8 Å². The Labute approximate surface area is 178 Å². The van der Waals surface area contributed by atoms with Gasteiger partial charge in [-0.05, 0) is 24.6 Å². The maximum Gasteiger partial charge on any atom is 0.253 e. The quantitative estimate of drug-likeness (QED) is 0.677.